The van der Waals surface area contributed by atoms with E-state index in [0.717, 1.165) is 35.1 Å². The van der Waals surface area contributed by atoms with Gasteiger partial charge in [-0.3, -0.25) is 9.89 Å². The number of nitrogens with one attached hydrogen (secondary N) is 2. The molecule has 1 aromatic carbocycles. The molecule has 0 spiro atoms. The monoisotopic (exact) mass is 420 g/mol. The number of hydrogen-bond donors (Lipinski definition) is 2. The van der Waals surface area contributed by atoms with E-state index in [1.54, 1.807) is 24.0 Å². The van der Waals surface area contributed by atoms with Crippen molar-refractivity contribution in [2.45, 2.75) is 29.7 Å². The molecule has 0 atom stereocenters. The van der Waals surface area contributed by atoms with Crippen LogP contribution in [0.15, 0.2) is 58.4 Å². The smallest absolute Gasteiger partial charge is 0.291 e. The van der Waals surface area contributed by atoms with Crippen molar-refractivity contribution in [3.63, 3.8) is 0 Å². The fourth-order valence-corrected chi connectivity index (χ4v) is 3.90. The van der Waals surface area contributed by atoms with Gasteiger partial charge in [0.2, 0.25) is 0 Å². The van der Waals surface area contributed by atoms with E-state index in [-0.39, 0.29) is 11.7 Å². The lowest BCUT2D eigenvalue weighted by Crippen LogP contribution is -2.10. The number of carbonyl (C=O) groups is 1. The molecule has 152 valence electrons. The Morgan fingerprint density at radius 2 is 2.23 bits per heavy atom. The SMILES string of the molecule is Cn1ccnc1SCc1ccc(C(=O)Nc2cccc(-c3n[nH]c(C4CC4)n3)c2)o1. The zero-order valence-electron chi connectivity index (χ0n) is 16.3. The van der Waals surface area contributed by atoms with Gasteiger partial charge in [-0.2, -0.15) is 5.10 Å². The molecule has 9 heteroatoms. The number of thioether (sulfide) groups is 1. The summed E-state index contributed by atoms with van der Waals surface area (Å²) in [6, 6.07) is 11.0. The van der Waals surface area contributed by atoms with Gasteiger partial charge in [0.15, 0.2) is 16.7 Å². The molecule has 0 unspecified atom stereocenters. The Morgan fingerprint density at radius 1 is 1.33 bits per heavy atom. The number of amides is 1. The highest BCUT2D eigenvalue weighted by molar-refractivity contribution is 7.98. The number of aromatic amines is 1. The highest BCUT2D eigenvalue weighted by atomic mass is 32.2. The zero-order chi connectivity index (χ0) is 20.5. The van der Waals surface area contributed by atoms with E-state index in [1.807, 2.05) is 48.1 Å². The van der Waals surface area contributed by atoms with Crippen LogP contribution in [0.25, 0.3) is 11.4 Å². The van der Waals surface area contributed by atoms with E-state index in [1.165, 1.54) is 0 Å². The third-order valence-corrected chi connectivity index (χ3v) is 5.93. The van der Waals surface area contributed by atoms with Gasteiger partial charge in [0.05, 0.1) is 5.75 Å². The average molecular weight is 420 g/mol. The Morgan fingerprint density at radius 3 is 3.03 bits per heavy atom. The second-order valence-electron chi connectivity index (χ2n) is 7.23. The lowest BCUT2D eigenvalue weighted by atomic mass is 10.2. The van der Waals surface area contributed by atoms with Crippen LogP contribution in [0, 0.1) is 0 Å². The molecule has 3 aromatic heterocycles. The van der Waals surface area contributed by atoms with Crippen molar-refractivity contribution in [1.82, 2.24) is 24.7 Å². The summed E-state index contributed by atoms with van der Waals surface area (Å²) in [5.41, 5.74) is 1.51. The van der Waals surface area contributed by atoms with E-state index in [9.17, 15) is 4.79 Å². The summed E-state index contributed by atoms with van der Waals surface area (Å²) in [7, 11) is 1.94. The number of H-pyrrole nitrogens is 1. The zero-order valence-corrected chi connectivity index (χ0v) is 17.1. The van der Waals surface area contributed by atoms with Gasteiger partial charge >= 0.3 is 0 Å². The van der Waals surface area contributed by atoms with Gasteiger partial charge in [0.25, 0.3) is 5.91 Å². The summed E-state index contributed by atoms with van der Waals surface area (Å²) in [5.74, 6) is 3.37. The van der Waals surface area contributed by atoms with Crippen LogP contribution in [0.4, 0.5) is 5.69 Å². The largest absolute Gasteiger partial charge is 0.455 e. The lowest BCUT2D eigenvalue weighted by molar-refractivity contribution is 0.0995. The van der Waals surface area contributed by atoms with Crippen molar-refractivity contribution >= 4 is 23.4 Å². The van der Waals surface area contributed by atoms with E-state index >= 15 is 0 Å². The van der Waals surface area contributed by atoms with Gasteiger partial charge < -0.3 is 14.3 Å². The van der Waals surface area contributed by atoms with Gasteiger partial charge in [-0.25, -0.2) is 9.97 Å². The minimum absolute atomic E-state index is 0.268. The van der Waals surface area contributed by atoms with Crippen molar-refractivity contribution in [2.75, 3.05) is 5.32 Å². The minimum atomic E-state index is -0.297. The molecule has 4 aromatic rings. The molecular weight excluding hydrogens is 400 g/mol. The number of aromatic nitrogens is 5. The predicted molar refractivity (Wildman–Crippen MR) is 113 cm³/mol. The highest BCUT2D eigenvalue weighted by Crippen LogP contribution is 2.38. The van der Waals surface area contributed by atoms with Crippen molar-refractivity contribution < 1.29 is 9.21 Å². The summed E-state index contributed by atoms with van der Waals surface area (Å²) >= 11 is 1.55. The molecule has 1 fully saturated rings. The van der Waals surface area contributed by atoms with Crippen LogP contribution in [-0.4, -0.2) is 30.6 Å². The number of aryl methyl sites for hydroxylation is 1. The minimum Gasteiger partial charge on any atom is -0.455 e. The van der Waals surface area contributed by atoms with Gasteiger partial charge in [0.1, 0.15) is 11.6 Å². The summed E-state index contributed by atoms with van der Waals surface area (Å²) in [6.45, 7) is 0. The fraction of sp³-hybridized carbons (Fsp3) is 0.238. The van der Waals surface area contributed by atoms with E-state index in [0.29, 0.717) is 23.2 Å². The number of nitrogens with zero attached hydrogens (tertiary/aromatic N) is 4. The molecule has 0 saturated heterocycles. The Hall–Kier alpha value is -3.33. The van der Waals surface area contributed by atoms with Gasteiger partial charge in [-0.05, 0) is 37.1 Å². The number of hydrogen-bond acceptors (Lipinski definition) is 6. The van der Waals surface area contributed by atoms with Crippen LogP contribution >= 0.6 is 11.8 Å². The summed E-state index contributed by atoms with van der Waals surface area (Å²) < 4.78 is 7.65. The van der Waals surface area contributed by atoms with Crippen molar-refractivity contribution in [1.29, 1.82) is 0 Å². The molecule has 5 rings (SSSR count). The third kappa shape index (κ3) is 4.02. The summed E-state index contributed by atoms with van der Waals surface area (Å²) in [6.07, 6.45) is 5.97. The average Bonchev–Trinajstić information content (AvgIpc) is 3.15. The molecule has 0 bridgehead atoms. The van der Waals surface area contributed by atoms with E-state index in [2.05, 4.69) is 25.5 Å². The Bertz CT molecular complexity index is 1190. The van der Waals surface area contributed by atoms with Crippen LogP contribution < -0.4 is 5.32 Å². The normalized spacial score (nSPS) is 13.5. The van der Waals surface area contributed by atoms with Gasteiger partial charge in [-0.1, -0.05) is 23.9 Å². The summed E-state index contributed by atoms with van der Waals surface area (Å²) in [5, 5.41) is 11.1. The first-order valence-electron chi connectivity index (χ1n) is 9.68. The second-order valence-corrected chi connectivity index (χ2v) is 8.17. The highest BCUT2D eigenvalue weighted by Gasteiger charge is 2.27. The first kappa shape index (κ1) is 18.7. The fourth-order valence-electron chi connectivity index (χ4n) is 3.08. The topological polar surface area (TPSA) is 102 Å². The number of furan rings is 1. The van der Waals surface area contributed by atoms with Gasteiger partial charge in [-0.15, -0.1) is 0 Å². The van der Waals surface area contributed by atoms with Crippen LogP contribution in [0.1, 0.15) is 40.9 Å². The molecule has 3 heterocycles. The Kier molecular flexibility index (Phi) is 4.88. The molecule has 1 saturated carbocycles. The molecule has 30 heavy (non-hydrogen) atoms. The number of rotatable bonds is 7. The van der Waals surface area contributed by atoms with Crippen molar-refractivity contribution in [3.8, 4) is 11.4 Å². The third-order valence-electron chi connectivity index (χ3n) is 4.85. The maximum Gasteiger partial charge on any atom is 0.291 e. The van der Waals surface area contributed by atoms with Crippen LogP contribution in [0.2, 0.25) is 0 Å². The van der Waals surface area contributed by atoms with Crippen molar-refractivity contribution in [3.05, 3.63) is 66.1 Å². The number of carbonyl (C=O) groups excluding carboxylic acids is 1. The first-order chi connectivity index (χ1) is 14.7. The van der Waals surface area contributed by atoms with Gasteiger partial charge in [0, 0.05) is 36.6 Å². The molecule has 0 aliphatic heterocycles. The number of imidazole rings is 1. The quantitative estimate of drug-likeness (QED) is 0.434. The molecule has 1 aliphatic rings. The molecular formula is C21H20N6O2S. The maximum absolute atomic E-state index is 12.6. The summed E-state index contributed by atoms with van der Waals surface area (Å²) in [4.78, 5) is 21.4. The molecule has 1 amide bonds. The lowest BCUT2D eigenvalue weighted by Gasteiger charge is -2.05. The molecule has 2 N–H and O–H groups in total. The second kappa shape index (κ2) is 7.83. The maximum atomic E-state index is 12.6. The standard InChI is InChI=1S/C21H20N6O2S/c1-27-10-9-22-21(27)30-12-16-7-8-17(29-16)20(28)23-15-4-2-3-14(11-15)19-24-18(25-26-19)13-5-6-13/h2-4,7-11,13H,5-6,12H2,1H3,(H,23,28)(H,24,25,26). The van der Waals surface area contributed by atoms with Crippen LogP contribution in [-0.2, 0) is 12.8 Å². The molecule has 0 radical (unpaired) electrons. The first-order valence-corrected chi connectivity index (χ1v) is 10.7. The van der Waals surface area contributed by atoms with Crippen LogP contribution in [0.5, 0.6) is 0 Å². The van der Waals surface area contributed by atoms with Crippen molar-refractivity contribution in [2.24, 2.45) is 7.05 Å². The Labute approximate surface area is 177 Å². The van der Waals surface area contributed by atoms with Crippen LogP contribution in [0.3, 0.4) is 0 Å². The Balaban J connectivity index is 1.24. The van der Waals surface area contributed by atoms with E-state index < -0.39 is 0 Å². The number of anilines is 1. The molecule has 8 nitrogen and oxygen atoms in total. The molecule has 1 aliphatic carbocycles. The predicted octanol–water partition coefficient (Wildman–Crippen LogP) is 4.22. The number of benzene rings is 1. The van der Waals surface area contributed by atoms with E-state index in [4.69, 9.17) is 4.42 Å².